The van der Waals surface area contributed by atoms with Gasteiger partial charge < -0.3 is 14.0 Å². The Morgan fingerprint density at radius 3 is 2.66 bits per heavy atom. The van der Waals surface area contributed by atoms with Crippen LogP contribution < -0.4 is 9.47 Å². The Labute approximate surface area is 171 Å². The van der Waals surface area contributed by atoms with Gasteiger partial charge >= 0.3 is 0 Å². The van der Waals surface area contributed by atoms with Gasteiger partial charge in [0.1, 0.15) is 11.5 Å². The molecule has 1 aromatic heterocycles. The largest absolute Gasteiger partial charge is 0.497 e. The summed E-state index contributed by atoms with van der Waals surface area (Å²) in [6, 6.07) is 14.6. The van der Waals surface area contributed by atoms with Crippen molar-refractivity contribution in [2.75, 3.05) is 20.8 Å². The predicted octanol–water partition coefficient (Wildman–Crippen LogP) is 4.65. The molecule has 1 atom stereocenters. The Kier molecular flexibility index (Phi) is 5.81. The monoisotopic (exact) mass is 393 g/mol. The van der Waals surface area contributed by atoms with Crippen LogP contribution in [0.5, 0.6) is 11.5 Å². The number of aromatic nitrogens is 2. The van der Waals surface area contributed by atoms with Gasteiger partial charge in [0, 0.05) is 23.2 Å². The van der Waals surface area contributed by atoms with Gasteiger partial charge in [0.05, 0.1) is 20.8 Å². The molecule has 0 bridgehead atoms. The first kappa shape index (κ1) is 19.5. The van der Waals surface area contributed by atoms with Gasteiger partial charge in [-0.3, -0.25) is 4.90 Å². The summed E-state index contributed by atoms with van der Waals surface area (Å²) in [5.41, 5.74) is 3.44. The molecule has 1 fully saturated rings. The molecule has 3 aromatic rings. The molecule has 2 heterocycles. The average Bonchev–Trinajstić information content (AvgIpc) is 3.43. The van der Waals surface area contributed by atoms with Crippen LogP contribution in [-0.4, -0.2) is 35.8 Å². The maximum Gasteiger partial charge on any atom is 0.241 e. The molecule has 0 spiro atoms. The van der Waals surface area contributed by atoms with Crippen LogP contribution in [0.15, 0.2) is 47.0 Å². The fraction of sp³-hybridized carbons (Fsp3) is 0.391. The van der Waals surface area contributed by atoms with Crippen LogP contribution in [0.3, 0.4) is 0 Å². The molecule has 6 heteroatoms. The number of hydrogen-bond donors (Lipinski definition) is 0. The van der Waals surface area contributed by atoms with E-state index in [4.69, 9.17) is 14.0 Å². The molecule has 0 amide bonds. The summed E-state index contributed by atoms with van der Waals surface area (Å²) in [5, 5.41) is 4.18. The minimum atomic E-state index is 0.259. The second-order valence-corrected chi connectivity index (χ2v) is 7.30. The van der Waals surface area contributed by atoms with E-state index in [1.807, 2.05) is 24.3 Å². The van der Waals surface area contributed by atoms with E-state index < -0.39 is 0 Å². The average molecular weight is 393 g/mol. The highest BCUT2D eigenvalue weighted by atomic mass is 16.5. The van der Waals surface area contributed by atoms with Crippen molar-refractivity contribution < 1.29 is 14.0 Å². The molecule has 29 heavy (non-hydrogen) atoms. The van der Waals surface area contributed by atoms with Gasteiger partial charge in [-0.15, -0.1) is 0 Å². The Hall–Kier alpha value is -2.86. The number of rotatable bonds is 7. The maximum absolute atomic E-state index is 5.62. The van der Waals surface area contributed by atoms with Crippen LogP contribution in [0.25, 0.3) is 11.4 Å². The van der Waals surface area contributed by atoms with Gasteiger partial charge in [-0.05, 0) is 37.4 Å². The summed E-state index contributed by atoms with van der Waals surface area (Å²) >= 11 is 0. The van der Waals surface area contributed by atoms with Gasteiger partial charge in [-0.25, -0.2) is 0 Å². The van der Waals surface area contributed by atoms with Crippen molar-refractivity contribution in [1.29, 1.82) is 0 Å². The third-order valence-corrected chi connectivity index (χ3v) is 5.59. The van der Waals surface area contributed by atoms with Crippen LogP contribution in [0, 0.1) is 0 Å². The molecule has 4 rings (SSSR count). The van der Waals surface area contributed by atoms with Crippen molar-refractivity contribution in [2.45, 2.75) is 38.8 Å². The first-order chi connectivity index (χ1) is 14.2. The van der Waals surface area contributed by atoms with E-state index in [0.29, 0.717) is 18.3 Å². The SMILES string of the molecule is CCc1ccc(-c2noc(CN3CCC[C@@H]3c3ccc(OC)cc3OC)n2)cc1. The molecule has 152 valence electrons. The molecular weight excluding hydrogens is 366 g/mol. The Balaban J connectivity index is 1.51. The number of hydrogen-bond acceptors (Lipinski definition) is 6. The van der Waals surface area contributed by atoms with Crippen molar-refractivity contribution in [1.82, 2.24) is 15.0 Å². The van der Waals surface area contributed by atoms with E-state index in [2.05, 4.69) is 40.2 Å². The highest BCUT2D eigenvalue weighted by molar-refractivity contribution is 5.54. The lowest BCUT2D eigenvalue weighted by Gasteiger charge is -2.25. The van der Waals surface area contributed by atoms with E-state index in [0.717, 1.165) is 42.9 Å². The number of benzene rings is 2. The minimum Gasteiger partial charge on any atom is -0.497 e. The third-order valence-electron chi connectivity index (χ3n) is 5.59. The van der Waals surface area contributed by atoms with E-state index in [9.17, 15) is 0 Å². The van der Waals surface area contributed by atoms with E-state index in [-0.39, 0.29) is 6.04 Å². The third kappa shape index (κ3) is 4.12. The molecule has 1 aliphatic heterocycles. The number of nitrogens with zero attached hydrogens (tertiary/aromatic N) is 3. The fourth-order valence-electron chi connectivity index (χ4n) is 3.96. The standard InChI is InChI=1S/C23H27N3O3/c1-4-16-7-9-17(10-8-16)23-24-22(29-25-23)15-26-13-5-6-20(26)19-12-11-18(27-2)14-21(19)28-3/h7-12,14,20H,4-6,13,15H2,1-3H3/t20-/m1/s1. The van der Waals surface area contributed by atoms with Crippen LogP contribution in [-0.2, 0) is 13.0 Å². The quantitative estimate of drug-likeness (QED) is 0.582. The lowest BCUT2D eigenvalue weighted by atomic mass is 10.0. The summed E-state index contributed by atoms with van der Waals surface area (Å²) in [6.07, 6.45) is 3.21. The summed E-state index contributed by atoms with van der Waals surface area (Å²) in [5.74, 6) is 2.92. The molecule has 6 nitrogen and oxygen atoms in total. The number of aryl methyl sites for hydroxylation is 1. The van der Waals surface area contributed by atoms with E-state index in [1.54, 1.807) is 14.2 Å². The smallest absolute Gasteiger partial charge is 0.241 e. The molecule has 0 unspecified atom stereocenters. The Bertz CT molecular complexity index is 952. The van der Waals surface area contributed by atoms with Crippen molar-refractivity contribution >= 4 is 0 Å². The van der Waals surface area contributed by atoms with Gasteiger partial charge in [0.25, 0.3) is 0 Å². The van der Waals surface area contributed by atoms with Gasteiger partial charge in [-0.2, -0.15) is 4.98 Å². The summed E-state index contributed by atoms with van der Waals surface area (Å²) < 4.78 is 16.5. The zero-order valence-electron chi connectivity index (χ0n) is 17.2. The normalized spacial score (nSPS) is 16.9. The van der Waals surface area contributed by atoms with Gasteiger partial charge in [-0.1, -0.05) is 42.4 Å². The topological polar surface area (TPSA) is 60.6 Å². The van der Waals surface area contributed by atoms with Gasteiger partial charge in [0.15, 0.2) is 0 Å². The zero-order chi connectivity index (χ0) is 20.2. The Morgan fingerprint density at radius 1 is 1.10 bits per heavy atom. The predicted molar refractivity (Wildman–Crippen MR) is 111 cm³/mol. The molecule has 2 aromatic carbocycles. The lowest BCUT2D eigenvalue weighted by molar-refractivity contribution is 0.209. The fourth-order valence-corrected chi connectivity index (χ4v) is 3.96. The zero-order valence-corrected chi connectivity index (χ0v) is 17.2. The minimum absolute atomic E-state index is 0.259. The Morgan fingerprint density at radius 2 is 1.93 bits per heavy atom. The first-order valence-corrected chi connectivity index (χ1v) is 10.1. The van der Waals surface area contributed by atoms with E-state index in [1.165, 1.54) is 11.1 Å². The summed E-state index contributed by atoms with van der Waals surface area (Å²) in [4.78, 5) is 7.00. The molecule has 1 aliphatic rings. The first-order valence-electron chi connectivity index (χ1n) is 10.1. The number of methoxy groups -OCH3 is 2. The van der Waals surface area contributed by atoms with E-state index >= 15 is 0 Å². The van der Waals surface area contributed by atoms with Crippen LogP contribution >= 0.6 is 0 Å². The lowest BCUT2D eigenvalue weighted by Crippen LogP contribution is -2.23. The van der Waals surface area contributed by atoms with Crippen molar-refractivity contribution in [3.63, 3.8) is 0 Å². The molecule has 0 N–H and O–H groups in total. The number of likely N-dealkylation sites (tertiary alicyclic amines) is 1. The summed E-state index contributed by atoms with van der Waals surface area (Å²) in [7, 11) is 3.37. The highest BCUT2D eigenvalue weighted by Crippen LogP contribution is 2.39. The van der Waals surface area contributed by atoms with Crippen LogP contribution in [0.1, 0.15) is 42.8 Å². The molecule has 0 radical (unpaired) electrons. The highest BCUT2D eigenvalue weighted by Gasteiger charge is 2.30. The number of ether oxygens (including phenoxy) is 2. The molecule has 1 saturated heterocycles. The van der Waals surface area contributed by atoms with Crippen LogP contribution in [0.2, 0.25) is 0 Å². The second-order valence-electron chi connectivity index (χ2n) is 7.30. The van der Waals surface area contributed by atoms with Crippen molar-refractivity contribution in [3.05, 3.63) is 59.5 Å². The molecule has 0 aliphatic carbocycles. The van der Waals surface area contributed by atoms with Crippen LogP contribution in [0.4, 0.5) is 0 Å². The van der Waals surface area contributed by atoms with Gasteiger partial charge in [0.2, 0.25) is 11.7 Å². The van der Waals surface area contributed by atoms with Crippen molar-refractivity contribution in [3.8, 4) is 22.9 Å². The molecule has 0 saturated carbocycles. The maximum atomic E-state index is 5.62. The summed E-state index contributed by atoms with van der Waals surface area (Å²) in [6.45, 7) is 3.76. The molecular formula is C23H27N3O3. The van der Waals surface area contributed by atoms with Crippen molar-refractivity contribution in [2.24, 2.45) is 0 Å². The second kappa shape index (κ2) is 8.66.